The van der Waals surface area contributed by atoms with E-state index in [1.165, 1.54) is 5.69 Å². The SMILES string of the molecule is CN(C)c1ccc(-c2nc3ccc(-c4nc5ccc(O)cc5s4)cc3s2)cc1. The van der Waals surface area contributed by atoms with Crippen LogP contribution in [-0.2, 0) is 0 Å². The maximum atomic E-state index is 9.68. The fraction of sp³-hybridized carbons (Fsp3) is 0.0909. The Balaban J connectivity index is 1.54. The third-order valence-electron chi connectivity index (χ3n) is 4.64. The van der Waals surface area contributed by atoms with E-state index in [9.17, 15) is 5.11 Å². The molecule has 0 radical (unpaired) electrons. The molecule has 0 aliphatic heterocycles. The number of hydrogen-bond acceptors (Lipinski definition) is 6. The van der Waals surface area contributed by atoms with Crippen molar-refractivity contribution in [3.8, 4) is 26.9 Å². The number of fused-ring (bicyclic) bond motifs is 2. The van der Waals surface area contributed by atoms with Gasteiger partial charge in [-0.1, -0.05) is 0 Å². The summed E-state index contributed by atoms with van der Waals surface area (Å²) >= 11 is 3.28. The van der Waals surface area contributed by atoms with Crippen molar-refractivity contribution in [3.05, 3.63) is 60.7 Å². The van der Waals surface area contributed by atoms with Gasteiger partial charge in [-0.2, -0.15) is 0 Å². The molecule has 0 spiro atoms. The highest BCUT2D eigenvalue weighted by Gasteiger charge is 2.11. The summed E-state index contributed by atoms with van der Waals surface area (Å²) in [6.07, 6.45) is 0. The molecule has 0 amide bonds. The van der Waals surface area contributed by atoms with E-state index in [0.717, 1.165) is 41.6 Å². The molecule has 3 aromatic carbocycles. The maximum Gasteiger partial charge on any atom is 0.124 e. The average Bonchev–Trinajstić information content (AvgIpc) is 3.31. The van der Waals surface area contributed by atoms with Crippen LogP contribution in [0.4, 0.5) is 5.69 Å². The van der Waals surface area contributed by atoms with E-state index in [1.54, 1.807) is 34.8 Å². The fourth-order valence-corrected chi connectivity index (χ4v) is 5.13. The summed E-state index contributed by atoms with van der Waals surface area (Å²) in [6.45, 7) is 0. The van der Waals surface area contributed by atoms with Crippen LogP contribution in [0.25, 0.3) is 41.6 Å². The van der Waals surface area contributed by atoms with E-state index in [2.05, 4.69) is 47.4 Å². The first-order chi connectivity index (χ1) is 13.6. The largest absolute Gasteiger partial charge is 0.508 e. The van der Waals surface area contributed by atoms with Crippen molar-refractivity contribution < 1.29 is 5.11 Å². The van der Waals surface area contributed by atoms with Gasteiger partial charge in [0.25, 0.3) is 0 Å². The fourth-order valence-electron chi connectivity index (χ4n) is 3.12. The smallest absolute Gasteiger partial charge is 0.124 e. The molecule has 0 bridgehead atoms. The predicted molar refractivity (Wildman–Crippen MR) is 120 cm³/mol. The molecule has 2 heterocycles. The summed E-state index contributed by atoms with van der Waals surface area (Å²) in [7, 11) is 4.08. The highest BCUT2D eigenvalue weighted by atomic mass is 32.1. The molecule has 2 aromatic heterocycles. The molecule has 0 atom stereocenters. The standard InChI is InChI=1S/C22H17N3OS2/c1-25(2)15-6-3-13(4-7-15)21-23-17-9-5-14(11-19(17)27-21)22-24-18-10-8-16(26)12-20(18)28-22/h3-12,26H,1-2H3. The van der Waals surface area contributed by atoms with Crippen molar-refractivity contribution >= 4 is 48.8 Å². The minimum absolute atomic E-state index is 0.269. The Bertz CT molecular complexity index is 1300. The van der Waals surface area contributed by atoms with Crippen LogP contribution >= 0.6 is 22.7 Å². The number of thiazole rings is 2. The van der Waals surface area contributed by atoms with E-state index < -0.39 is 0 Å². The van der Waals surface area contributed by atoms with Crippen LogP contribution in [-0.4, -0.2) is 29.2 Å². The van der Waals surface area contributed by atoms with E-state index in [0.29, 0.717) is 0 Å². The van der Waals surface area contributed by atoms with E-state index in [-0.39, 0.29) is 5.75 Å². The second kappa shape index (κ2) is 6.58. The minimum atomic E-state index is 0.269. The quantitative estimate of drug-likeness (QED) is 0.401. The van der Waals surface area contributed by atoms with Gasteiger partial charge in [0.2, 0.25) is 0 Å². The number of aromatic nitrogens is 2. The minimum Gasteiger partial charge on any atom is -0.508 e. The Morgan fingerprint density at radius 1 is 0.714 bits per heavy atom. The summed E-state index contributed by atoms with van der Waals surface area (Å²) < 4.78 is 2.13. The Morgan fingerprint density at radius 2 is 1.29 bits per heavy atom. The van der Waals surface area contributed by atoms with Crippen molar-refractivity contribution in [1.29, 1.82) is 0 Å². The van der Waals surface area contributed by atoms with Crippen LogP contribution in [0.3, 0.4) is 0 Å². The molecule has 0 unspecified atom stereocenters. The van der Waals surface area contributed by atoms with Gasteiger partial charge in [-0.05, 0) is 60.7 Å². The summed E-state index contributed by atoms with van der Waals surface area (Å²) in [5.74, 6) is 0.269. The molecule has 1 N–H and O–H groups in total. The number of anilines is 1. The van der Waals surface area contributed by atoms with E-state index in [1.807, 2.05) is 20.2 Å². The zero-order valence-corrected chi connectivity index (χ0v) is 17.0. The molecule has 0 aliphatic carbocycles. The molecule has 6 heteroatoms. The molecule has 0 saturated carbocycles. The van der Waals surface area contributed by atoms with E-state index >= 15 is 0 Å². The summed E-state index contributed by atoms with van der Waals surface area (Å²) in [5, 5.41) is 11.7. The van der Waals surface area contributed by atoms with Gasteiger partial charge >= 0.3 is 0 Å². The lowest BCUT2D eigenvalue weighted by Crippen LogP contribution is -2.07. The first kappa shape index (κ1) is 17.2. The molecular formula is C22H17N3OS2. The lowest BCUT2D eigenvalue weighted by Gasteiger charge is -2.11. The summed E-state index contributed by atoms with van der Waals surface area (Å²) in [4.78, 5) is 11.6. The summed E-state index contributed by atoms with van der Waals surface area (Å²) in [5.41, 5.74) is 5.28. The lowest BCUT2D eigenvalue weighted by molar-refractivity contribution is 0.476. The lowest BCUT2D eigenvalue weighted by atomic mass is 10.2. The van der Waals surface area contributed by atoms with Crippen molar-refractivity contribution in [2.75, 3.05) is 19.0 Å². The predicted octanol–water partition coefficient (Wildman–Crippen LogP) is 6.01. The average molecular weight is 404 g/mol. The van der Waals surface area contributed by atoms with Gasteiger partial charge in [0.15, 0.2) is 0 Å². The third-order valence-corrected chi connectivity index (χ3v) is 6.77. The van der Waals surface area contributed by atoms with Gasteiger partial charge < -0.3 is 10.0 Å². The molecule has 5 aromatic rings. The van der Waals surface area contributed by atoms with Crippen molar-refractivity contribution in [1.82, 2.24) is 9.97 Å². The molecule has 0 fully saturated rings. The molecule has 28 heavy (non-hydrogen) atoms. The Hall–Kier alpha value is -2.96. The first-order valence-corrected chi connectivity index (χ1v) is 10.5. The number of benzene rings is 3. The van der Waals surface area contributed by atoms with Crippen LogP contribution < -0.4 is 4.90 Å². The number of hydrogen-bond donors (Lipinski definition) is 1. The highest BCUT2D eigenvalue weighted by molar-refractivity contribution is 7.22. The van der Waals surface area contributed by atoms with Crippen LogP contribution in [0.1, 0.15) is 0 Å². The van der Waals surface area contributed by atoms with Gasteiger partial charge in [0, 0.05) is 30.9 Å². The molecule has 0 aliphatic rings. The maximum absolute atomic E-state index is 9.68. The Labute approximate surface area is 170 Å². The zero-order valence-electron chi connectivity index (χ0n) is 15.4. The third kappa shape index (κ3) is 3.00. The van der Waals surface area contributed by atoms with Crippen LogP contribution in [0, 0.1) is 0 Å². The second-order valence-corrected chi connectivity index (χ2v) is 8.88. The number of nitrogens with zero attached hydrogens (tertiary/aromatic N) is 3. The summed E-state index contributed by atoms with van der Waals surface area (Å²) in [6, 6.07) is 20.0. The molecule has 5 rings (SSSR count). The van der Waals surface area contributed by atoms with Gasteiger partial charge in [-0.15, -0.1) is 22.7 Å². The monoisotopic (exact) mass is 403 g/mol. The zero-order chi connectivity index (χ0) is 19.3. The molecule has 0 saturated heterocycles. The number of aromatic hydroxyl groups is 1. The Morgan fingerprint density at radius 3 is 1.96 bits per heavy atom. The van der Waals surface area contributed by atoms with Crippen molar-refractivity contribution in [2.24, 2.45) is 0 Å². The van der Waals surface area contributed by atoms with Crippen molar-refractivity contribution in [2.45, 2.75) is 0 Å². The molecule has 4 nitrogen and oxygen atoms in total. The highest BCUT2D eigenvalue weighted by Crippen LogP contribution is 2.36. The molecular weight excluding hydrogens is 386 g/mol. The molecule has 138 valence electrons. The van der Waals surface area contributed by atoms with Crippen molar-refractivity contribution in [3.63, 3.8) is 0 Å². The first-order valence-electron chi connectivity index (χ1n) is 8.85. The van der Waals surface area contributed by atoms with Crippen LogP contribution in [0.2, 0.25) is 0 Å². The number of phenols is 1. The number of phenolic OH excluding ortho intramolecular Hbond substituents is 1. The normalized spacial score (nSPS) is 11.4. The van der Waals surface area contributed by atoms with Crippen LogP contribution in [0.15, 0.2) is 60.7 Å². The topological polar surface area (TPSA) is 49.2 Å². The van der Waals surface area contributed by atoms with E-state index in [4.69, 9.17) is 9.97 Å². The van der Waals surface area contributed by atoms with Gasteiger partial charge in [-0.25, -0.2) is 9.97 Å². The van der Waals surface area contributed by atoms with Gasteiger partial charge in [-0.3, -0.25) is 0 Å². The van der Waals surface area contributed by atoms with Crippen LogP contribution in [0.5, 0.6) is 5.75 Å². The Kier molecular flexibility index (Phi) is 4.03. The van der Waals surface area contributed by atoms with Gasteiger partial charge in [0.1, 0.15) is 15.8 Å². The second-order valence-electron chi connectivity index (χ2n) is 6.81. The van der Waals surface area contributed by atoms with Gasteiger partial charge in [0.05, 0.1) is 20.4 Å². The number of rotatable bonds is 3.